The lowest BCUT2D eigenvalue weighted by Gasteiger charge is -2.35. The van der Waals surface area contributed by atoms with E-state index in [0.29, 0.717) is 50.3 Å². The summed E-state index contributed by atoms with van der Waals surface area (Å²) in [6.45, 7) is 7.60. The van der Waals surface area contributed by atoms with Gasteiger partial charge in [0.1, 0.15) is 18.2 Å². The van der Waals surface area contributed by atoms with Crippen LogP contribution in [0.3, 0.4) is 0 Å². The van der Waals surface area contributed by atoms with E-state index in [1.54, 1.807) is 17.9 Å². The molecule has 42 heavy (non-hydrogen) atoms. The van der Waals surface area contributed by atoms with Crippen LogP contribution in [0.2, 0.25) is 0 Å². The average Bonchev–Trinajstić information content (AvgIpc) is 3.01. The maximum absolute atomic E-state index is 12.4. The van der Waals surface area contributed by atoms with Gasteiger partial charge in [0.25, 0.3) is 0 Å². The second-order valence-electron chi connectivity index (χ2n) is 10.9. The van der Waals surface area contributed by atoms with Crippen LogP contribution in [-0.2, 0) is 22.6 Å². The number of aromatic nitrogens is 2. The molecule has 2 amide bonds. The molecule has 6 N–H and O–H groups in total. The highest BCUT2D eigenvalue weighted by atomic mass is 16.5. The van der Waals surface area contributed by atoms with Gasteiger partial charge in [0.2, 0.25) is 5.95 Å². The zero-order chi connectivity index (χ0) is 29.6. The van der Waals surface area contributed by atoms with Crippen molar-refractivity contribution in [3.05, 3.63) is 41.5 Å². The molecule has 1 aliphatic carbocycles. The van der Waals surface area contributed by atoms with E-state index in [1.165, 1.54) is 37.7 Å². The number of urea groups is 1. The highest BCUT2D eigenvalue weighted by molar-refractivity contribution is 5.81. The van der Waals surface area contributed by atoms with Crippen molar-refractivity contribution in [2.75, 3.05) is 68.4 Å². The van der Waals surface area contributed by atoms with Gasteiger partial charge in [0.05, 0.1) is 6.61 Å². The number of carbonyl (C=O) groups excluding carboxylic acids is 2. The topological polar surface area (TPSA) is 150 Å². The van der Waals surface area contributed by atoms with E-state index in [9.17, 15) is 9.59 Å². The number of esters is 1. The minimum atomic E-state index is -0.447. The zero-order valence-electron chi connectivity index (χ0n) is 24.9. The molecule has 12 heteroatoms. The Morgan fingerprint density at radius 3 is 2.40 bits per heavy atom. The molecule has 0 unspecified atom stereocenters. The molecule has 2 aromatic rings. The Labute approximate surface area is 249 Å². The van der Waals surface area contributed by atoms with E-state index in [0.717, 1.165) is 37.7 Å². The van der Waals surface area contributed by atoms with E-state index in [1.807, 2.05) is 0 Å². The van der Waals surface area contributed by atoms with E-state index in [2.05, 4.69) is 60.4 Å². The molecule has 0 spiro atoms. The van der Waals surface area contributed by atoms with E-state index < -0.39 is 5.97 Å². The van der Waals surface area contributed by atoms with Crippen molar-refractivity contribution in [3.8, 4) is 0 Å². The molecule has 12 nitrogen and oxygen atoms in total. The van der Waals surface area contributed by atoms with Crippen LogP contribution in [0.1, 0.15) is 56.6 Å². The predicted octanol–water partition coefficient (Wildman–Crippen LogP) is 2.47. The van der Waals surface area contributed by atoms with E-state index >= 15 is 0 Å². The summed E-state index contributed by atoms with van der Waals surface area (Å²) < 4.78 is 4.85. The number of nitrogen functional groups attached to an aromatic ring is 1. The number of anilines is 3. The first kappa shape index (κ1) is 31.3. The van der Waals surface area contributed by atoms with Crippen molar-refractivity contribution in [3.63, 3.8) is 0 Å². The number of hydrogen-bond acceptors (Lipinski definition) is 10. The number of nitrogens with two attached hydrogens (primary N) is 1. The molecule has 2 aliphatic rings. The van der Waals surface area contributed by atoms with Gasteiger partial charge in [0.15, 0.2) is 0 Å². The first-order valence-corrected chi connectivity index (χ1v) is 15.3. The van der Waals surface area contributed by atoms with Gasteiger partial charge >= 0.3 is 12.0 Å². The Morgan fingerprint density at radius 2 is 1.69 bits per heavy atom. The van der Waals surface area contributed by atoms with Crippen molar-refractivity contribution >= 4 is 29.6 Å². The van der Waals surface area contributed by atoms with Gasteiger partial charge in [-0.05, 0) is 50.4 Å². The summed E-state index contributed by atoms with van der Waals surface area (Å²) in [5.74, 6) is 1.11. The van der Waals surface area contributed by atoms with Crippen LogP contribution < -0.4 is 31.9 Å². The quantitative estimate of drug-likeness (QED) is 0.166. The molecule has 1 aromatic heterocycles. The number of carbonyl (C=O) groups is 2. The fraction of sp³-hybridized carbons (Fsp3) is 0.600. The van der Waals surface area contributed by atoms with Crippen LogP contribution in [0, 0.1) is 0 Å². The number of nitrogens with zero attached hydrogens (tertiary/aromatic N) is 4. The summed E-state index contributed by atoms with van der Waals surface area (Å²) in [5.41, 5.74) is 8.48. The predicted molar refractivity (Wildman–Crippen MR) is 165 cm³/mol. The molecule has 1 saturated heterocycles. The third kappa shape index (κ3) is 10.3. The van der Waals surface area contributed by atoms with Crippen LogP contribution in [-0.4, -0.2) is 85.3 Å². The van der Waals surface area contributed by atoms with Crippen LogP contribution in [0.5, 0.6) is 0 Å². The smallest absolute Gasteiger partial charge is 0.325 e. The number of amides is 2. The first-order chi connectivity index (χ1) is 20.5. The highest BCUT2D eigenvalue weighted by Crippen LogP contribution is 2.19. The van der Waals surface area contributed by atoms with Gasteiger partial charge in [-0.1, -0.05) is 43.5 Å². The van der Waals surface area contributed by atoms with Crippen molar-refractivity contribution in [2.45, 2.75) is 64.6 Å². The normalized spacial score (nSPS) is 15.8. The number of rotatable bonds is 14. The summed E-state index contributed by atoms with van der Waals surface area (Å²) in [6, 6.07) is 10.7. The zero-order valence-corrected chi connectivity index (χ0v) is 24.9. The van der Waals surface area contributed by atoms with Gasteiger partial charge in [0, 0.05) is 51.4 Å². The fourth-order valence-corrected chi connectivity index (χ4v) is 5.32. The highest BCUT2D eigenvalue weighted by Gasteiger charge is 2.23. The van der Waals surface area contributed by atoms with Crippen molar-refractivity contribution in [1.29, 1.82) is 0 Å². The summed E-state index contributed by atoms with van der Waals surface area (Å²) in [6.07, 6.45) is 7.95. The summed E-state index contributed by atoms with van der Waals surface area (Å²) >= 11 is 0. The third-order valence-electron chi connectivity index (χ3n) is 7.68. The lowest BCUT2D eigenvalue weighted by molar-refractivity contribution is -0.141. The Bertz CT molecular complexity index is 1120. The van der Waals surface area contributed by atoms with Gasteiger partial charge in [-0.3, -0.25) is 4.79 Å². The molecule has 2 fully saturated rings. The maximum atomic E-state index is 12.4. The molecule has 0 bridgehead atoms. The van der Waals surface area contributed by atoms with Crippen LogP contribution in [0.15, 0.2) is 30.3 Å². The number of nitrogens with one attached hydrogen (secondary N) is 4. The van der Waals surface area contributed by atoms with Crippen LogP contribution in [0.4, 0.5) is 22.4 Å². The lowest BCUT2D eigenvalue weighted by atomic mass is 9.95. The van der Waals surface area contributed by atoms with Gasteiger partial charge in [-0.25, -0.2) is 4.79 Å². The Balaban J connectivity index is 1.15. The summed E-state index contributed by atoms with van der Waals surface area (Å²) in [5, 5.41) is 13.1. The molecule has 4 rings (SSSR count). The SMILES string of the molecule is CCOC(=O)CNC(=O)N1CCN(c2cc(N)nc(NCc3ccc(CNCCCNC4CCCCC4)cc3)n2)CC1. The summed E-state index contributed by atoms with van der Waals surface area (Å²) in [4.78, 5) is 36.6. The molecular weight excluding hydrogens is 534 g/mol. The van der Waals surface area contributed by atoms with Crippen molar-refractivity contribution in [1.82, 2.24) is 30.8 Å². The maximum Gasteiger partial charge on any atom is 0.325 e. The molecule has 1 aliphatic heterocycles. The minimum absolute atomic E-state index is 0.137. The van der Waals surface area contributed by atoms with E-state index in [-0.39, 0.29) is 19.2 Å². The molecule has 0 radical (unpaired) electrons. The number of hydrogen-bond donors (Lipinski definition) is 5. The Kier molecular flexibility index (Phi) is 12.5. The number of benzene rings is 1. The average molecular weight is 582 g/mol. The van der Waals surface area contributed by atoms with Crippen molar-refractivity contribution < 1.29 is 14.3 Å². The second kappa shape index (κ2) is 16.7. The first-order valence-electron chi connectivity index (χ1n) is 15.3. The van der Waals surface area contributed by atoms with E-state index in [4.69, 9.17) is 10.5 Å². The molecule has 230 valence electrons. The lowest BCUT2D eigenvalue weighted by Crippen LogP contribution is -2.52. The Hall–Kier alpha value is -3.64. The molecule has 0 atom stereocenters. The third-order valence-corrected chi connectivity index (χ3v) is 7.68. The standard InChI is InChI=1S/C30H47N9O3/c1-2-42-28(40)22-35-30(41)39-17-15-38(16-18-39)27-19-26(31)36-29(37-27)34-21-24-11-9-23(10-12-24)20-32-13-6-14-33-25-7-4-3-5-8-25/h9-12,19,25,32-33H,2-8,13-18,20-22H2,1H3,(H,35,41)(H3,31,34,36,37). The monoisotopic (exact) mass is 581 g/mol. The molecule has 1 aromatic carbocycles. The minimum Gasteiger partial charge on any atom is -0.465 e. The van der Waals surface area contributed by atoms with Crippen LogP contribution in [0.25, 0.3) is 0 Å². The molecule has 1 saturated carbocycles. The van der Waals surface area contributed by atoms with Crippen molar-refractivity contribution in [2.24, 2.45) is 0 Å². The van der Waals surface area contributed by atoms with Crippen LogP contribution >= 0.6 is 0 Å². The van der Waals surface area contributed by atoms with Gasteiger partial charge < -0.3 is 41.5 Å². The molecular formula is C30H47N9O3. The summed E-state index contributed by atoms with van der Waals surface area (Å²) in [7, 11) is 0. The fourth-order valence-electron chi connectivity index (χ4n) is 5.32. The molecule has 2 heterocycles. The number of piperazine rings is 1. The second-order valence-corrected chi connectivity index (χ2v) is 10.9. The Morgan fingerprint density at radius 1 is 0.976 bits per heavy atom. The van der Waals surface area contributed by atoms with Gasteiger partial charge in [-0.2, -0.15) is 9.97 Å². The van der Waals surface area contributed by atoms with Gasteiger partial charge in [-0.15, -0.1) is 0 Å². The largest absolute Gasteiger partial charge is 0.465 e. The number of ether oxygens (including phenoxy) is 1.